The number of hydroxylamine groups is 1. The van der Waals surface area contributed by atoms with Crippen LogP contribution in [0.3, 0.4) is 0 Å². The Morgan fingerprint density at radius 2 is 2.05 bits per heavy atom. The SMILES string of the molecule is C=C(NCc1ccc(C)c(N=C(CC)NO)c1)OC(C)(C)C. The van der Waals surface area contributed by atoms with Crippen molar-refractivity contribution in [1.29, 1.82) is 0 Å². The van der Waals surface area contributed by atoms with Gasteiger partial charge in [-0.3, -0.25) is 10.7 Å². The zero-order valence-electron chi connectivity index (χ0n) is 14.2. The summed E-state index contributed by atoms with van der Waals surface area (Å²) in [6.07, 6.45) is 0.634. The fourth-order valence-electron chi connectivity index (χ4n) is 1.82. The highest BCUT2D eigenvalue weighted by atomic mass is 16.5. The first-order chi connectivity index (χ1) is 10.2. The van der Waals surface area contributed by atoms with E-state index in [9.17, 15) is 0 Å². The molecule has 5 nitrogen and oxygen atoms in total. The summed E-state index contributed by atoms with van der Waals surface area (Å²) in [5, 5.41) is 12.2. The van der Waals surface area contributed by atoms with E-state index >= 15 is 0 Å². The minimum atomic E-state index is -0.268. The van der Waals surface area contributed by atoms with Gasteiger partial charge in [0.05, 0.1) is 5.69 Å². The van der Waals surface area contributed by atoms with Gasteiger partial charge in [-0.25, -0.2) is 4.99 Å². The molecule has 0 aliphatic carbocycles. The van der Waals surface area contributed by atoms with E-state index in [0.29, 0.717) is 24.7 Å². The Kier molecular flexibility index (Phi) is 6.43. The van der Waals surface area contributed by atoms with E-state index < -0.39 is 0 Å². The van der Waals surface area contributed by atoms with E-state index in [1.54, 1.807) is 0 Å². The second-order valence-corrected chi connectivity index (χ2v) is 6.14. The Balaban J connectivity index is 2.77. The molecule has 22 heavy (non-hydrogen) atoms. The van der Waals surface area contributed by atoms with Crippen molar-refractivity contribution in [3.05, 3.63) is 41.8 Å². The van der Waals surface area contributed by atoms with Gasteiger partial charge in [0, 0.05) is 13.0 Å². The zero-order chi connectivity index (χ0) is 16.8. The number of hydrogen-bond donors (Lipinski definition) is 3. The van der Waals surface area contributed by atoms with E-state index in [1.807, 2.05) is 52.8 Å². The molecular formula is C17H27N3O2. The van der Waals surface area contributed by atoms with Crippen molar-refractivity contribution in [2.75, 3.05) is 0 Å². The molecule has 0 atom stereocenters. The third kappa shape index (κ3) is 6.18. The van der Waals surface area contributed by atoms with Crippen molar-refractivity contribution in [2.24, 2.45) is 4.99 Å². The van der Waals surface area contributed by atoms with Crippen LogP contribution in [0.25, 0.3) is 0 Å². The maximum atomic E-state index is 9.01. The average Bonchev–Trinajstić information content (AvgIpc) is 2.43. The summed E-state index contributed by atoms with van der Waals surface area (Å²) in [5.74, 6) is 1.08. The number of hydrogen-bond acceptors (Lipinski definition) is 4. The summed E-state index contributed by atoms with van der Waals surface area (Å²) in [5.41, 5.74) is 4.81. The number of ether oxygens (including phenoxy) is 1. The predicted molar refractivity (Wildman–Crippen MR) is 90.3 cm³/mol. The van der Waals surface area contributed by atoms with Gasteiger partial charge < -0.3 is 10.1 Å². The van der Waals surface area contributed by atoms with E-state index in [0.717, 1.165) is 16.8 Å². The van der Waals surface area contributed by atoms with Crippen molar-refractivity contribution in [3.8, 4) is 0 Å². The third-order valence-electron chi connectivity index (χ3n) is 2.91. The largest absolute Gasteiger partial charge is 0.474 e. The van der Waals surface area contributed by atoms with Crippen molar-refractivity contribution < 1.29 is 9.94 Å². The summed E-state index contributed by atoms with van der Waals surface area (Å²) in [4.78, 5) is 4.42. The first kappa shape index (κ1) is 18.0. The molecule has 0 unspecified atom stereocenters. The number of nitrogens with zero attached hydrogens (tertiary/aromatic N) is 1. The van der Waals surface area contributed by atoms with Crippen LogP contribution < -0.4 is 10.8 Å². The van der Waals surface area contributed by atoms with Crippen molar-refractivity contribution >= 4 is 11.5 Å². The Hall–Kier alpha value is -2.01. The third-order valence-corrected chi connectivity index (χ3v) is 2.91. The van der Waals surface area contributed by atoms with Crippen LogP contribution in [0.4, 0.5) is 5.69 Å². The van der Waals surface area contributed by atoms with Crippen LogP contribution >= 0.6 is 0 Å². The lowest BCUT2D eigenvalue weighted by atomic mass is 10.1. The number of nitrogens with one attached hydrogen (secondary N) is 2. The number of rotatable bonds is 6. The molecule has 0 amide bonds. The van der Waals surface area contributed by atoms with Crippen LogP contribution in [0.2, 0.25) is 0 Å². The van der Waals surface area contributed by atoms with Crippen molar-refractivity contribution in [3.63, 3.8) is 0 Å². The fraction of sp³-hybridized carbons (Fsp3) is 0.471. The molecule has 3 N–H and O–H groups in total. The summed E-state index contributed by atoms with van der Waals surface area (Å²) in [6.45, 7) is 14.3. The lowest BCUT2D eigenvalue weighted by Gasteiger charge is -2.23. The summed E-state index contributed by atoms with van der Waals surface area (Å²) in [6, 6.07) is 6.03. The maximum absolute atomic E-state index is 9.01. The van der Waals surface area contributed by atoms with E-state index in [-0.39, 0.29) is 5.60 Å². The highest BCUT2D eigenvalue weighted by Crippen LogP contribution is 2.21. The molecular weight excluding hydrogens is 278 g/mol. The molecule has 1 rings (SSSR count). The number of amidine groups is 1. The van der Waals surface area contributed by atoms with Crippen molar-refractivity contribution in [2.45, 2.75) is 53.2 Å². The molecule has 1 aromatic carbocycles. The molecule has 0 bridgehead atoms. The Morgan fingerprint density at radius 3 is 2.59 bits per heavy atom. The molecule has 1 aromatic rings. The minimum absolute atomic E-state index is 0.268. The molecule has 0 aliphatic rings. The summed E-state index contributed by atoms with van der Waals surface area (Å²) >= 11 is 0. The number of aryl methyl sites for hydroxylation is 1. The first-order valence-electron chi connectivity index (χ1n) is 7.44. The second-order valence-electron chi connectivity index (χ2n) is 6.14. The van der Waals surface area contributed by atoms with E-state index in [4.69, 9.17) is 9.94 Å². The average molecular weight is 305 g/mol. The first-order valence-corrected chi connectivity index (χ1v) is 7.44. The zero-order valence-corrected chi connectivity index (χ0v) is 14.2. The van der Waals surface area contributed by atoms with Crippen LogP contribution in [0.15, 0.2) is 35.7 Å². The van der Waals surface area contributed by atoms with E-state index in [2.05, 4.69) is 22.4 Å². The molecule has 122 valence electrons. The molecule has 5 heteroatoms. The molecule has 0 fully saturated rings. The normalized spacial score (nSPS) is 12.0. The van der Waals surface area contributed by atoms with Gasteiger partial charge in [0.15, 0.2) is 5.88 Å². The topological polar surface area (TPSA) is 65.9 Å². The maximum Gasteiger partial charge on any atom is 0.180 e. The predicted octanol–water partition coefficient (Wildman–Crippen LogP) is 3.79. The Labute approximate surface area is 133 Å². The van der Waals surface area contributed by atoms with Gasteiger partial charge in [-0.1, -0.05) is 19.1 Å². The lowest BCUT2D eigenvalue weighted by molar-refractivity contribution is 0.0410. The van der Waals surface area contributed by atoms with Gasteiger partial charge in [0.2, 0.25) is 0 Å². The van der Waals surface area contributed by atoms with Gasteiger partial charge in [-0.15, -0.1) is 0 Å². The molecule has 0 spiro atoms. The monoisotopic (exact) mass is 305 g/mol. The second kappa shape index (κ2) is 7.84. The highest BCUT2D eigenvalue weighted by Gasteiger charge is 2.12. The van der Waals surface area contributed by atoms with Gasteiger partial charge in [-0.2, -0.15) is 0 Å². The number of aliphatic imine (C=N–C) groups is 1. The minimum Gasteiger partial charge on any atom is -0.474 e. The highest BCUT2D eigenvalue weighted by molar-refractivity contribution is 5.83. The molecule has 0 radical (unpaired) electrons. The van der Waals surface area contributed by atoms with Crippen molar-refractivity contribution in [1.82, 2.24) is 10.8 Å². The van der Waals surface area contributed by atoms with Crippen LogP contribution in [-0.4, -0.2) is 16.6 Å². The lowest BCUT2D eigenvalue weighted by Crippen LogP contribution is -2.25. The van der Waals surface area contributed by atoms with Gasteiger partial charge in [0.1, 0.15) is 11.4 Å². The molecule has 0 saturated heterocycles. The van der Waals surface area contributed by atoms with Gasteiger partial charge in [-0.05, 0) is 51.5 Å². The van der Waals surface area contributed by atoms with E-state index in [1.165, 1.54) is 0 Å². The Morgan fingerprint density at radius 1 is 1.36 bits per heavy atom. The summed E-state index contributed by atoms with van der Waals surface area (Å²) in [7, 11) is 0. The van der Waals surface area contributed by atoms with Crippen LogP contribution in [0, 0.1) is 6.92 Å². The van der Waals surface area contributed by atoms with Crippen LogP contribution in [0.1, 0.15) is 45.2 Å². The van der Waals surface area contributed by atoms with Gasteiger partial charge >= 0.3 is 0 Å². The fourth-order valence-corrected chi connectivity index (χ4v) is 1.82. The number of benzene rings is 1. The van der Waals surface area contributed by atoms with Crippen LogP contribution in [-0.2, 0) is 11.3 Å². The van der Waals surface area contributed by atoms with Crippen LogP contribution in [0.5, 0.6) is 0 Å². The molecule has 0 heterocycles. The quantitative estimate of drug-likeness (QED) is 0.324. The van der Waals surface area contributed by atoms with Gasteiger partial charge in [0.25, 0.3) is 0 Å². The molecule has 0 saturated carbocycles. The molecule has 0 aliphatic heterocycles. The standard InChI is InChI=1S/C17H27N3O2/c1-7-16(20-21)19-15-10-14(9-8-12(15)2)11-18-13(3)22-17(4,5)6/h8-10,18,21H,3,7,11H2,1-2,4-6H3,(H,19,20). The smallest absolute Gasteiger partial charge is 0.180 e. The molecule has 0 aromatic heterocycles. The Bertz CT molecular complexity index is 539. The summed E-state index contributed by atoms with van der Waals surface area (Å²) < 4.78 is 5.64.